The molecule has 0 unspecified atom stereocenters. The first kappa shape index (κ1) is 18.6. The van der Waals surface area contributed by atoms with Crippen LogP contribution >= 0.6 is 11.8 Å². The first-order valence-corrected chi connectivity index (χ1v) is 8.18. The Bertz CT molecular complexity index is 971. The van der Waals surface area contributed by atoms with Crippen LogP contribution in [0, 0.1) is 10.1 Å². The van der Waals surface area contributed by atoms with Crippen molar-refractivity contribution in [1.82, 2.24) is 0 Å². The molecule has 1 aliphatic heterocycles. The van der Waals surface area contributed by atoms with Crippen LogP contribution in [0.2, 0.25) is 0 Å². The second-order valence-corrected chi connectivity index (χ2v) is 6.41. The van der Waals surface area contributed by atoms with Crippen LogP contribution in [0.5, 0.6) is 0 Å². The summed E-state index contributed by atoms with van der Waals surface area (Å²) in [5, 5.41) is 9.92. The summed E-state index contributed by atoms with van der Waals surface area (Å²) in [5.74, 6) is -0.761. The highest BCUT2D eigenvalue weighted by molar-refractivity contribution is 8.19. The van der Waals surface area contributed by atoms with Crippen LogP contribution in [0.4, 0.5) is 29.3 Å². The van der Waals surface area contributed by atoms with Crippen LogP contribution in [0.15, 0.2) is 53.4 Å². The number of rotatable bonds is 3. The van der Waals surface area contributed by atoms with Gasteiger partial charge >= 0.3 is 6.18 Å². The number of non-ortho nitro benzene ring substituents is 1. The van der Waals surface area contributed by atoms with Crippen molar-refractivity contribution in [3.63, 3.8) is 0 Å². The number of nitro benzene ring substituents is 1. The minimum atomic E-state index is -4.60. The maximum Gasteiger partial charge on any atom is 0.416 e. The lowest BCUT2D eigenvalue weighted by atomic mass is 10.1. The van der Waals surface area contributed by atoms with Gasteiger partial charge < -0.3 is 0 Å². The van der Waals surface area contributed by atoms with Crippen LogP contribution in [-0.2, 0) is 11.0 Å². The second-order valence-electron chi connectivity index (χ2n) is 5.41. The maximum absolute atomic E-state index is 12.8. The van der Waals surface area contributed by atoms with Gasteiger partial charge in [-0.15, -0.1) is 0 Å². The molecule has 1 heterocycles. The SMILES string of the molecule is O=C1S/C(=C/c2ccc([N+](=O)[O-])cc2)C(=O)N1c1cccc(C(F)(F)F)c1. The third-order valence-electron chi connectivity index (χ3n) is 3.63. The van der Waals surface area contributed by atoms with Crippen molar-refractivity contribution in [2.75, 3.05) is 4.90 Å². The summed E-state index contributed by atoms with van der Waals surface area (Å²) in [6.45, 7) is 0. The molecule has 2 aromatic carbocycles. The molecule has 0 aliphatic carbocycles. The van der Waals surface area contributed by atoms with Crippen molar-refractivity contribution in [3.05, 3.63) is 74.7 Å². The summed E-state index contributed by atoms with van der Waals surface area (Å²) in [5.41, 5.74) is -0.850. The fourth-order valence-corrected chi connectivity index (χ4v) is 3.20. The topological polar surface area (TPSA) is 80.5 Å². The van der Waals surface area contributed by atoms with Gasteiger partial charge in [-0.05, 0) is 53.7 Å². The lowest BCUT2D eigenvalue weighted by molar-refractivity contribution is -0.384. The van der Waals surface area contributed by atoms with Crippen molar-refractivity contribution in [2.45, 2.75) is 6.18 Å². The minimum absolute atomic E-state index is 0.00580. The average Bonchev–Trinajstić information content (AvgIpc) is 2.88. The van der Waals surface area contributed by atoms with E-state index in [0.29, 0.717) is 22.2 Å². The fourth-order valence-electron chi connectivity index (χ4n) is 2.36. The molecule has 0 bridgehead atoms. The van der Waals surface area contributed by atoms with Gasteiger partial charge in [0.15, 0.2) is 0 Å². The summed E-state index contributed by atoms with van der Waals surface area (Å²) < 4.78 is 38.5. The maximum atomic E-state index is 12.8. The van der Waals surface area contributed by atoms with Crippen molar-refractivity contribution < 1.29 is 27.7 Å². The van der Waals surface area contributed by atoms with Crippen molar-refractivity contribution >= 4 is 40.4 Å². The zero-order chi connectivity index (χ0) is 19.8. The highest BCUT2D eigenvalue weighted by atomic mass is 32.2. The van der Waals surface area contributed by atoms with Gasteiger partial charge in [-0.1, -0.05) is 6.07 Å². The number of nitrogens with zero attached hydrogens (tertiary/aromatic N) is 2. The number of imide groups is 1. The van der Waals surface area contributed by atoms with E-state index in [1.807, 2.05) is 0 Å². The number of thioether (sulfide) groups is 1. The highest BCUT2D eigenvalue weighted by Gasteiger charge is 2.38. The molecule has 10 heteroatoms. The summed E-state index contributed by atoms with van der Waals surface area (Å²) in [7, 11) is 0. The van der Waals surface area contributed by atoms with Crippen molar-refractivity contribution in [1.29, 1.82) is 0 Å². The van der Waals surface area contributed by atoms with Crippen molar-refractivity contribution in [2.24, 2.45) is 0 Å². The molecule has 2 aromatic rings. The largest absolute Gasteiger partial charge is 0.416 e. The smallest absolute Gasteiger partial charge is 0.268 e. The van der Waals surface area contributed by atoms with Gasteiger partial charge in [-0.3, -0.25) is 19.7 Å². The fraction of sp³-hybridized carbons (Fsp3) is 0.0588. The Morgan fingerprint density at radius 1 is 1.07 bits per heavy atom. The Morgan fingerprint density at radius 3 is 2.33 bits per heavy atom. The quantitative estimate of drug-likeness (QED) is 0.422. The summed E-state index contributed by atoms with van der Waals surface area (Å²) in [4.78, 5) is 35.4. The molecule has 27 heavy (non-hydrogen) atoms. The third kappa shape index (κ3) is 3.85. The molecule has 1 aliphatic rings. The standard InChI is InChI=1S/C17H9F3N2O4S/c18-17(19,20)11-2-1-3-13(9-11)21-15(23)14(27-16(21)24)8-10-4-6-12(7-5-10)22(25)26/h1-9H/b14-8+. The van der Waals surface area contributed by atoms with E-state index < -0.39 is 27.8 Å². The molecule has 0 atom stereocenters. The number of hydrogen-bond donors (Lipinski definition) is 0. The number of benzene rings is 2. The van der Waals surface area contributed by atoms with E-state index in [9.17, 15) is 32.9 Å². The number of halogens is 3. The first-order valence-electron chi connectivity index (χ1n) is 7.36. The van der Waals surface area contributed by atoms with E-state index in [0.717, 1.165) is 18.2 Å². The zero-order valence-corrected chi connectivity index (χ0v) is 14.1. The summed E-state index contributed by atoms with van der Waals surface area (Å²) >= 11 is 0.579. The number of carbonyl (C=O) groups is 2. The average molecular weight is 394 g/mol. The number of hydrogen-bond acceptors (Lipinski definition) is 5. The van der Waals surface area contributed by atoms with Crippen LogP contribution in [0.3, 0.4) is 0 Å². The third-order valence-corrected chi connectivity index (χ3v) is 4.50. The Labute approximate surface area is 154 Å². The lowest BCUT2D eigenvalue weighted by Crippen LogP contribution is -2.28. The molecular weight excluding hydrogens is 385 g/mol. The monoisotopic (exact) mass is 394 g/mol. The molecule has 2 amide bonds. The molecule has 138 valence electrons. The van der Waals surface area contributed by atoms with Crippen molar-refractivity contribution in [3.8, 4) is 0 Å². The number of alkyl halides is 3. The minimum Gasteiger partial charge on any atom is -0.268 e. The van der Waals surface area contributed by atoms with Crippen LogP contribution < -0.4 is 4.90 Å². The predicted molar refractivity (Wildman–Crippen MR) is 93.0 cm³/mol. The van der Waals surface area contributed by atoms with E-state index >= 15 is 0 Å². The molecule has 3 rings (SSSR count). The van der Waals surface area contributed by atoms with Crippen LogP contribution in [-0.4, -0.2) is 16.1 Å². The predicted octanol–water partition coefficient (Wildman–Crippen LogP) is 4.85. The van der Waals surface area contributed by atoms with Crippen LogP contribution in [0.25, 0.3) is 6.08 Å². The lowest BCUT2D eigenvalue weighted by Gasteiger charge is -2.14. The van der Waals surface area contributed by atoms with Gasteiger partial charge in [-0.2, -0.15) is 13.2 Å². The normalized spacial score (nSPS) is 16.3. The first-order chi connectivity index (χ1) is 12.7. The number of amides is 2. The van der Waals surface area contributed by atoms with Gasteiger partial charge in [0, 0.05) is 12.1 Å². The Balaban J connectivity index is 1.90. The molecule has 0 N–H and O–H groups in total. The second kappa shape index (κ2) is 6.88. The van der Waals surface area contributed by atoms with E-state index in [2.05, 4.69) is 0 Å². The number of carbonyl (C=O) groups excluding carboxylic acids is 2. The molecular formula is C17H9F3N2O4S. The van der Waals surface area contributed by atoms with Crippen LogP contribution in [0.1, 0.15) is 11.1 Å². The molecule has 0 radical (unpaired) electrons. The molecule has 1 saturated heterocycles. The van der Waals surface area contributed by atoms with Gasteiger partial charge in [0.05, 0.1) is 21.1 Å². The molecule has 0 saturated carbocycles. The zero-order valence-electron chi connectivity index (χ0n) is 13.3. The van der Waals surface area contributed by atoms with E-state index in [1.54, 1.807) is 0 Å². The summed E-state index contributed by atoms with van der Waals surface area (Å²) in [6, 6.07) is 9.20. The van der Waals surface area contributed by atoms with Gasteiger partial charge in [0.1, 0.15) is 0 Å². The Morgan fingerprint density at radius 2 is 1.74 bits per heavy atom. The van der Waals surface area contributed by atoms with E-state index in [4.69, 9.17) is 0 Å². The van der Waals surface area contributed by atoms with Gasteiger partial charge in [0.25, 0.3) is 16.8 Å². The Hall–Kier alpha value is -3.14. The highest BCUT2D eigenvalue weighted by Crippen LogP contribution is 2.38. The van der Waals surface area contributed by atoms with Gasteiger partial charge in [-0.25, -0.2) is 4.90 Å². The number of nitro groups is 1. The molecule has 0 spiro atoms. The number of anilines is 1. The Kier molecular flexibility index (Phi) is 4.75. The molecule has 1 fully saturated rings. The summed E-state index contributed by atoms with van der Waals surface area (Å²) in [6.07, 6.45) is -3.26. The van der Waals surface area contributed by atoms with E-state index in [-0.39, 0.29) is 16.3 Å². The molecule has 0 aromatic heterocycles. The van der Waals surface area contributed by atoms with Gasteiger partial charge in [0.2, 0.25) is 0 Å². The molecule has 6 nitrogen and oxygen atoms in total. The van der Waals surface area contributed by atoms with E-state index in [1.165, 1.54) is 36.4 Å².